The van der Waals surface area contributed by atoms with E-state index in [-0.39, 0.29) is 5.91 Å². The average molecular weight is 256 g/mol. The summed E-state index contributed by atoms with van der Waals surface area (Å²) in [4.78, 5) is 13.3. The zero-order chi connectivity index (χ0) is 12.8. The second-order valence-corrected chi connectivity index (χ2v) is 4.41. The lowest BCUT2D eigenvalue weighted by molar-refractivity contribution is -0.121. The molecule has 1 rings (SSSR count). The molecule has 0 spiro atoms. The summed E-state index contributed by atoms with van der Waals surface area (Å²) in [7, 11) is 1.87. The van der Waals surface area contributed by atoms with E-state index in [4.69, 9.17) is 17.3 Å². The number of hydrogen-bond acceptors (Lipinski definition) is 3. The SMILES string of the molecule is CCNC(=O)CN(C)Cc1cc(Cl)ccc1N. The Kier molecular flexibility index (Phi) is 5.25. The summed E-state index contributed by atoms with van der Waals surface area (Å²) in [6.45, 7) is 3.49. The van der Waals surface area contributed by atoms with Gasteiger partial charge in [-0.3, -0.25) is 9.69 Å². The molecule has 0 fully saturated rings. The number of rotatable bonds is 5. The van der Waals surface area contributed by atoms with Gasteiger partial charge in [0.2, 0.25) is 5.91 Å². The fourth-order valence-corrected chi connectivity index (χ4v) is 1.75. The van der Waals surface area contributed by atoms with E-state index in [9.17, 15) is 4.79 Å². The molecule has 0 aromatic heterocycles. The lowest BCUT2D eigenvalue weighted by atomic mass is 10.1. The molecule has 1 aromatic carbocycles. The molecule has 4 nitrogen and oxygen atoms in total. The van der Waals surface area contributed by atoms with Gasteiger partial charge in [-0.1, -0.05) is 11.6 Å². The van der Waals surface area contributed by atoms with Crippen LogP contribution in [-0.2, 0) is 11.3 Å². The van der Waals surface area contributed by atoms with Crippen molar-refractivity contribution < 1.29 is 4.79 Å². The minimum absolute atomic E-state index is 0.00981. The number of hydrogen-bond donors (Lipinski definition) is 2. The molecular formula is C12H18ClN3O. The summed E-state index contributed by atoms with van der Waals surface area (Å²) in [6.07, 6.45) is 0. The van der Waals surface area contributed by atoms with Crippen molar-refractivity contribution in [3.05, 3.63) is 28.8 Å². The van der Waals surface area contributed by atoms with E-state index < -0.39 is 0 Å². The maximum atomic E-state index is 11.4. The number of nitrogens with two attached hydrogens (primary N) is 1. The van der Waals surface area contributed by atoms with Gasteiger partial charge >= 0.3 is 0 Å². The van der Waals surface area contributed by atoms with Crippen molar-refractivity contribution >= 4 is 23.2 Å². The van der Waals surface area contributed by atoms with Crippen LogP contribution in [0.25, 0.3) is 0 Å². The van der Waals surface area contributed by atoms with Crippen LogP contribution in [0.2, 0.25) is 5.02 Å². The Morgan fingerprint density at radius 2 is 2.24 bits per heavy atom. The van der Waals surface area contributed by atoms with Gasteiger partial charge < -0.3 is 11.1 Å². The highest BCUT2D eigenvalue weighted by atomic mass is 35.5. The molecule has 0 aliphatic carbocycles. The van der Waals surface area contributed by atoms with Crippen molar-refractivity contribution in [2.45, 2.75) is 13.5 Å². The number of likely N-dealkylation sites (N-methyl/N-ethyl adjacent to an activating group) is 2. The van der Waals surface area contributed by atoms with E-state index in [1.807, 2.05) is 24.9 Å². The first kappa shape index (κ1) is 13.8. The molecule has 0 radical (unpaired) electrons. The van der Waals surface area contributed by atoms with Gasteiger partial charge in [0, 0.05) is 23.8 Å². The van der Waals surface area contributed by atoms with Gasteiger partial charge in [-0.15, -0.1) is 0 Å². The fraction of sp³-hybridized carbons (Fsp3) is 0.417. The van der Waals surface area contributed by atoms with E-state index in [1.54, 1.807) is 12.1 Å². The van der Waals surface area contributed by atoms with E-state index >= 15 is 0 Å². The molecule has 1 amide bonds. The maximum absolute atomic E-state index is 11.4. The van der Waals surface area contributed by atoms with Crippen LogP contribution in [-0.4, -0.2) is 30.9 Å². The summed E-state index contributed by atoms with van der Waals surface area (Å²) in [5.41, 5.74) is 7.47. The van der Waals surface area contributed by atoms with Crippen molar-refractivity contribution in [1.82, 2.24) is 10.2 Å². The summed E-state index contributed by atoms with van der Waals surface area (Å²) in [5.74, 6) is 0.00981. The molecule has 1 aromatic rings. The number of nitrogens with one attached hydrogen (secondary N) is 1. The van der Waals surface area contributed by atoms with Crippen LogP contribution in [0, 0.1) is 0 Å². The monoisotopic (exact) mass is 255 g/mol. The molecular weight excluding hydrogens is 238 g/mol. The highest BCUT2D eigenvalue weighted by Gasteiger charge is 2.08. The van der Waals surface area contributed by atoms with Crippen LogP contribution in [0.15, 0.2) is 18.2 Å². The zero-order valence-corrected chi connectivity index (χ0v) is 10.9. The number of carbonyl (C=O) groups excluding carboxylic acids is 1. The third-order valence-electron chi connectivity index (χ3n) is 2.33. The lowest BCUT2D eigenvalue weighted by Crippen LogP contribution is -2.34. The Morgan fingerprint density at radius 3 is 2.88 bits per heavy atom. The normalized spacial score (nSPS) is 10.6. The molecule has 0 aliphatic heterocycles. The Balaban J connectivity index is 2.58. The Hall–Kier alpha value is -1.26. The van der Waals surface area contributed by atoms with Gasteiger partial charge in [-0.25, -0.2) is 0 Å². The smallest absolute Gasteiger partial charge is 0.234 e. The van der Waals surface area contributed by atoms with E-state index in [0.717, 1.165) is 5.56 Å². The third-order valence-corrected chi connectivity index (χ3v) is 2.57. The number of halogens is 1. The predicted octanol–water partition coefficient (Wildman–Crippen LogP) is 1.49. The number of carbonyl (C=O) groups is 1. The minimum Gasteiger partial charge on any atom is -0.398 e. The molecule has 0 aliphatic rings. The topological polar surface area (TPSA) is 58.4 Å². The molecule has 5 heteroatoms. The Bertz CT molecular complexity index is 395. The largest absolute Gasteiger partial charge is 0.398 e. The first-order valence-corrected chi connectivity index (χ1v) is 5.90. The molecule has 0 saturated carbocycles. The third kappa shape index (κ3) is 4.63. The van der Waals surface area contributed by atoms with Crippen LogP contribution in [0.4, 0.5) is 5.69 Å². The van der Waals surface area contributed by atoms with Crippen LogP contribution in [0.1, 0.15) is 12.5 Å². The van der Waals surface area contributed by atoms with Gasteiger partial charge in [0.1, 0.15) is 0 Å². The van der Waals surface area contributed by atoms with Crippen LogP contribution in [0.3, 0.4) is 0 Å². The van der Waals surface area contributed by atoms with Crippen LogP contribution < -0.4 is 11.1 Å². The zero-order valence-electron chi connectivity index (χ0n) is 10.2. The van der Waals surface area contributed by atoms with Gasteiger partial charge in [0.25, 0.3) is 0 Å². The minimum atomic E-state index is 0.00981. The van der Waals surface area contributed by atoms with Gasteiger partial charge in [0.15, 0.2) is 0 Å². The van der Waals surface area contributed by atoms with Crippen molar-refractivity contribution in [3.63, 3.8) is 0 Å². The number of anilines is 1. The molecule has 94 valence electrons. The van der Waals surface area contributed by atoms with Crippen LogP contribution >= 0.6 is 11.6 Å². The highest BCUT2D eigenvalue weighted by molar-refractivity contribution is 6.30. The van der Waals surface area contributed by atoms with Crippen molar-refractivity contribution in [3.8, 4) is 0 Å². The average Bonchev–Trinajstić information content (AvgIpc) is 2.23. The Morgan fingerprint density at radius 1 is 1.53 bits per heavy atom. The maximum Gasteiger partial charge on any atom is 0.234 e. The van der Waals surface area contributed by atoms with Crippen LogP contribution in [0.5, 0.6) is 0 Å². The molecule has 0 saturated heterocycles. The van der Waals surface area contributed by atoms with Gasteiger partial charge in [0.05, 0.1) is 6.54 Å². The number of amides is 1. The van der Waals surface area contributed by atoms with E-state index in [2.05, 4.69) is 5.32 Å². The van der Waals surface area contributed by atoms with Crippen molar-refractivity contribution in [1.29, 1.82) is 0 Å². The van der Waals surface area contributed by atoms with Crippen molar-refractivity contribution in [2.24, 2.45) is 0 Å². The highest BCUT2D eigenvalue weighted by Crippen LogP contribution is 2.18. The summed E-state index contributed by atoms with van der Waals surface area (Å²) < 4.78 is 0. The summed E-state index contributed by atoms with van der Waals surface area (Å²) >= 11 is 5.90. The lowest BCUT2D eigenvalue weighted by Gasteiger charge is -2.17. The first-order valence-electron chi connectivity index (χ1n) is 5.52. The van der Waals surface area contributed by atoms with E-state index in [0.29, 0.717) is 30.3 Å². The molecule has 3 N–H and O–H groups in total. The van der Waals surface area contributed by atoms with Gasteiger partial charge in [-0.2, -0.15) is 0 Å². The molecule has 17 heavy (non-hydrogen) atoms. The van der Waals surface area contributed by atoms with Crippen molar-refractivity contribution in [2.75, 3.05) is 25.9 Å². The number of benzene rings is 1. The van der Waals surface area contributed by atoms with Gasteiger partial charge in [-0.05, 0) is 37.7 Å². The second kappa shape index (κ2) is 6.47. The Labute approximate surface area is 107 Å². The van der Waals surface area contributed by atoms with E-state index in [1.165, 1.54) is 0 Å². The molecule has 0 heterocycles. The molecule has 0 bridgehead atoms. The number of nitrogens with zero attached hydrogens (tertiary/aromatic N) is 1. The molecule has 0 atom stereocenters. The second-order valence-electron chi connectivity index (χ2n) is 3.97. The summed E-state index contributed by atoms with van der Waals surface area (Å²) in [5, 5.41) is 3.40. The molecule has 0 unspecified atom stereocenters. The number of nitrogen functional groups attached to an aromatic ring is 1. The standard InChI is InChI=1S/C12H18ClN3O/c1-3-15-12(17)8-16(2)7-9-6-10(13)4-5-11(9)14/h4-6H,3,7-8,14H2,1-2H3,(H,15,17). The fourth-order valence-electron chi connectivity index (χ4n) is 1.56. The first-order chi connectivity index (χ1) is 8.02. The summed E-state index contributed by atoms with van der Waals surface area (Å²) in [6, 6.07) is 5.35. The quantitative estimate of drug-likeness (QED) is 0.784. The predicted molar refractivity (Wildman–Crippen MR) is 70.9 cm³/mol.